The smallest absolute Gasteiger partial charge is 0.335 e. The molecule has 0 atom stereocenters. The highest BCUT2D eigenvalue weighted by Crippen LogP contribution is 2.21. The average Bonchev–Trinajstić information content (AvgIpc) is 2.67. The van der Waals surface area contributed by atoms with Gasteiger partial charge in [0.15, 0.2) is 0 Å². The Morgan fingerprint density at radius 2 is 2.00 bits per heavy atom. The normalized spacial score (nSPS) is 10.3. The third-order valence-electron chi connectivity index (χ3n) is 2.61. The minimum Gasteiger partial charge on any atom is -0.478 e. The number of amides is 1. The van der Waals surface area contributed by atoms with E-state index in [2.05, 4.69) is 21.2 Å². The minimum atomic E-state index is -1.11. The Labute approximate surface area is 128 Å². The van der Waals surface area contributed by atoms with Crippen LogP contribution in [0.5, 0.6) is 0 Å². The fraction of sp³-hybridized carbons (Fsp3) is 0.0769. The number of carboxylic acids is 1. The molecule has 0 fully saturated rings. The van der Waals surface area contributed by atoms with Gasteiger partial charge in [-0.1, -0.05) is 11.6 Å². The SMILES string of the molecule is Cn1cc(Br)cc1C(=O)Nc1cc(Cl)cc(C(=O)O)c1. The summed E-state index contributed by atoms with van der Waals surface area (Å²) in [5.74, 6) is -1.46. The summed E-state index contributed by atoms with van der Waals surface area (Å²) in [6, 6.07) is 5.82. The van der Waals surface area contributed by atoms with E-state index in [4.69, 9.17) is 16.7 Å². The van der Waals surface area contributed by atoms with E-state index in [1.807, 2.05) is 0 Å². The van der Waals surface area contributed by atoms with E-state index in [-0.39, 0.29) is 16.5 Å². The highest BCUT2D eigenvalue weighted by molar-refractivity contribution is 9.10. The first-order valence-electron chi connectivity index (χ1n) is 5.54. The Hall–Kier alpha value is -1.79. The van der Waals surface area contributed by atoms with E-state index < -0.39 is 5.97 Å². The summed E-state index contributed by atoms with van der Waals surface area (Å²) in [5, 5.41) is 11.8. The molecule has 104 valence electrons. The van der Waals surface area contributed by atoms with Crippen LogP contribution in [0, 0.1) is 0 Å². The summed E-state index contributed by atoms with van der Waals surface area (Å²) in [4.78, 5) is 23.0. The lowest BCUT2D eigenvalue weighted by molar-refractivity contribution is 0.0696. The molecule has 1 aromatic heterocycles. The van der Waals surface area contributed by atoms with Gasteiger partial charge in [0.1, 0.15) is 5.69 Å². The summed E-state index contributed by atoms with van der Waals surface area (Å²) in [6.45, 7) is 0. The molecule has 0 radical (unpaired) electrons. The first-order valence-corrected chi connectivity index (χ1v) is 6.71. The molecule has 0 aliphatic heterocycles. The lowest BCUT2D eigenvalue weighted by Gasteiger charge is -2.07. The molecular formula is C13H10BrClN2O3. The number of carbonyl (C=O) groups is 2. The Morgan fingerprint density at radius 1 is 1.30 bits per heavy atom. The van der Waals surface area contributed by atoms with Crippen LogP contribution < -0.4 is 5.32 Å². The first kappa shape index (κ1) is 14.6. The number of nitrogens with zero attached hydrogens (tertiary/aromatic N) is 1. The molecule has 0 aliphatic carbocycles. The van der Waals surface area contributed by atoms with E-state index in [1.54, 1.807) is 23.9 Å². The molecule has 1 aromatic carbocycles. The van der Waals surface area contributed by atoms with E-state index in [0.717, 1.165) is 4.47 Å². The van der Waals surface area contributed by atoms with Crippen molar-refractivity contribution in [1.29, 1.82) is 0 Å². The van der Waals surface area contributed by atoms with Crippen molar-refractivity contribution >= 4 is 45.1 Å². The van der Waals surface area contributed by atoms with Gasteiger partial charge in [0.2, 0.25) is 0 Å². The number of rotatable bonds is 3. The zero-order chi connectivity index (χ0) is 14.9. The van der Waals surface area contributed by atoms with Crippen molar-refractivity contribution in [2.24, 2.45) is 7.05 Å². The Bertz CT molecular complexity index is 697. The molecular weight excluding hydrogens is 348 g/mol. The van der Waals surface area contributed by atoms with Gasteiger partial charge in [0.25, 0.3) is 5.91 Å². The van der Waals surface area contributed by atoms with E-state index >= 15 is 0 Å². The fourth-order valence-electron chi connectivity index (χ4n) is 1.73. The molecule has 0 unspecified atom stereocenters. The maximum atomic E-state index is 12.1. The largest absolute Gasteiger partial charge is 0.478 e. The molecule has 0 bridgehead atoms. The zero-order valence-corrected chi connectivity index (χ0v) is 12.7. The predicted octanol–water partition coefficient (Wildman–Crippen LogP) is 3.39. The zero-order valence-electron chi connectivity index (χ0n) is 10.4. The van der Waals surface area contributed by atoms with Gasteiger partial charge in [-0.05, 0) is 40.2 Å². The lowest BCUT2D eigenvalue weighted by Crippen LogP contribution is -2.15. The number of nitrogens with one attached hydrogen (secondary N) is 1. The molecule has 2 rings (SSSR count). The molecule has 0 spiro atoms. The summed E-state index contributed by atoms with van der Waals surface area (Å²) >= 11 is 9.11. The number of benzene rings is 1. The molecule has 1 amide bonds. The second-order valence-electron chi connectivity index (χ2n) is 4.14. The standard InChI is InChI=1S/C13H10BrClN2O3/c1-17-6-8(14)4-11(17)12(18)16-10-3-7(13(19)20)2-9(15)5-10/h2-6H,1H3,(H,16,18)(H,19,20). The molecule has 1 heterocycles. The molecule has 0 aliphatic rings. The number of carbonyl (C=O) groups excluding carboxylic acids is 1. The van der Waals surface area contributed by atoms with Crippen LogP contribution in [-0.4, -0.2) is 21.6 Å². The van der Waals surface area contributed by atoms with Crippen LogP contribution in [0.25, 0.3) is 0 Å². The predicted molar refractivity (Wildman–Crippen MR) is 79.5 cm³/mol. The summed E-state index contributed by atoms with van der Waals surface area (Å²) in [5.41, 5.74) is 0.784. The van der Waals surface area contributed by atoms with Crippen LogP contribution in [0.3, 0.4) is 0 Å². The number of carboxylic acid groups (broad SMARTS) is 1. The van der Waals surface area contributed by atoms with Crippen molar-refractivity contribution in [3.05, 3.63) is 51.2 Å². The minimum absolute atomic E-state index is 0.0147. The first-order chi connectivity index (χ1) is 9.36. The van der Waals surface area contributed by atoms with Crippen LogP contribution in [0.2, 0.25) is 5.02 Å². The van der Waals surface area contributed by atoms with E-state index in [1.165, 1.54) is 18.2 Å². The number of hydrogen-bond acceptors (Lipinski definition) is 2. The van der Waals surface area contributed by atoms with Crippen LogP contribution in [-0.2, 0) is 7.05 Å². The van der Waals surface area contributed by atoms with Gasteiger partial charge >= 0.3 is 5.97 Å². The summed E-state index contributed by atoms with van der Waals surface area (Å²) in [6.07, 6.45) is 1.75. The van der Waals surface area contributed by atoms with Crippen molar-refractivity contribution in [3.8, 4) is 0 Å². The Kier molecular flexibility index (Phi) is 4.15. The quantitative estimate of drug-likeness (QED) is 0.884. The number of aromatic nitrogens is 1. The van der Waals surface area contributed by atoms with Gasteiger partial charge in [-0.25, -0.2) is 4.79 Å². The molecule has 0 saturated carbocycles. The van der Waals surface area contributed by atoms with Gasteiger partial charge < -0.3 is 15.0 Å². The summed E-state index contributed by atoms with van der Waals surface area (Å²) < 4.78 is 2.43. The number of aryl methyl sites for hydroxylation is 1. The molecule has 2 aromatic rings. The maximum Gasteiger partial charge on any atom is 0.335 e. The number of hydrogen-bond donors (Lipinski definition) is 2. The molecule has 2 N–H and O–H groups in total. The van der Waals surface area contributed by atoms with E-state index in [0.29, 0.717) is 11.4 Å². The van der Waals surface area contributed by atoms with Crippen molar-refractivity contribution in [3.63, 3.8) is 0 Å². The maximum absolute atomic E-state index is 12.1. The van der Waals surface area contributed by atoms with Crippen LogP contribution >= 0.6 is 27.5 Å². The second kappa shape index (κ2) is 5.68. The Balaban J connectivity index is 2.28. The van der Waals surface area contributed by atoms with Gasteiger partial charge in [-0.15, -0.1) is 0 Å². The fourth-order valence-corrected chi connectivity index (χ4v) is 2.49. The number of aromatic carboxylic acids is 1. The summed E-state index contributed by atoms with van der Waals surface area (Å²) in [7, 11) is 1.74. The molecule has 0 saturated heterocycles. The monoisotopic (exact) mass is 356 g/mol. The van der Waals surface area contributed by atoms with Gasteiger partial charge in [0.05, 0.1) is 5.56 Å². The molecule has 20 heavy (non-hydrogen) atoms. The van der Waals surface area contributed by atoms with Gasteiger partial charge in [-0.3, -0.25) is 4.79 Å². The number of anilines is 1. The Morgan fingerprint density at radius 3 is 2.55 bits per heavy atom. The van der Waals surface area contributed by atoms with Crippen LogP contribution in [0.1, 0.15) is 20.8 Å². The van der Waals surface area contributed by atoms with Gasteiger partial charge in [0, 0.05) is 28.4 Å². The van der Waals surface area contributed by atoms with E-state index in [9.17, 15) is 9.59 Å². The second-order valence-corrected chi connectivity index (χ2v) is 5.49. The topological polar surface area (TPSA) is 71.3 Å². The third kappa shape index (κ3) is 3.20. The van der Waals surface area contributed by atoms with Crippen molar-refractivity contribution < 1.29 is 14.7 Å². The third-order valence-corrected chi connectivity index (χ3v) is 3.26. The van der Waals surface area contributed by atoms with Crippen molar-refractivity contribution in [1.82, 2.24) is 4.57 Å². The molecule has 5 nitrogen and oxygen atoms in total. The number of halogens is 2. The lowest BCUT2D eigenvalue weighted by atomic mass is 10.2. The van der Waals surface area contributed by atoms with Crippen molar-refractivity contribution in [2.45, 2.75) is 0 Å². The average molecular weight is 358 g/mol. The van der Waals surface area contributed by atoms with Crippen LogP contribution in [0.15, 0.2) is 34.9 Å². The highest BCUT2D eigenvalue weighted by Gasteiger charge is 2.13. The highest BCUT2D eigenvalue weighted by atomic mass is 79.9. The van der Waals surface area contributed by atoms with Crippen LogP contribution in [0.4, 0.5) is 5.69 Å². The van der Waals surface area contributed by atoms with Crippen molar-refractivity contribution in [2.75, 3.05) is 5.32 Å². The molecule has 7 heteroatoms. The van der Waals surface area contributed by atoms with Gasteiger partial charge in [-0.2, -0.15) is 0 Å².